The molecular weight excluding hydrogens is 143 g/mol. The molecule has 46 valence electrons. The number of hydrogen-bond acceptors (Lipinski definition) is 2. The smallest absolute Gasteiger partial charge is 0.334 e. The van der Waals surface area contributed by atoms with E-state index in [9.17, 15) is 9.59 Å². The van der Waals surface area contributed by atoms with Gasteiger partial charge < -0.3 is 9.59 Å². The molecule has 0 amide bonds. The van der Waals surface area contributed by atoms with Crippen molar-refractivity contribution in [3.05, 3.63) is 5.92 Å². The fraction of sp³-hybridized carbons (Fsp3) is 0.500. The SMILES string of the molecule is CC(=O)[C-](C)C(C)=O.[K+]. The molecule has 0 aliphatic heterocycles. The molecule has 0 bridgehead atoms. The third kappa shape index (κ3) is 5.30. The molecule has 0 unspecified atom stereocenters. The summed E-state index contributed by atoms with van der Waals surface area (Å²) in [5.74, 6) is 0.0417. The van der Waals surface area contributed by atoms with Crippen molar-refractivity contribution < 1.29 is 61.0 Å². The van der Waals surface area contributed by atoms with Crippen LogP contribution in [0.2, 0.25) is 0 Å². The predicted molar refractivity (Wildman–Crippen MR) is 30.3 cm³/mol. The Morgan fingerprint density at radius 1 is 1.11 bits per heavy atom. The molecule has 9 heavy (non-hydrogen) atoms. The fourth-order valence-corrected chi connectivity index (χ4v) is 0.248. The number of carbonyl (C=O) groups excluding carboxylic acids is 2. The van der Waals surface area contributed by atoms with Crippen LogP contribution in [0.25, 0.3) is 0 Å². The number of ketones is 2. The van der Waals surface area contributed by atoms with Crippen LogP contribution in [-0.2, 0) is 9.59 Å². The molecule has 0 atom stereocenters. The summed E-state index contributed by atoms with van der Waals surface area (Å²) in [5, 5.41) is 0. The van der Waals surface area contributed by atoms with E-state index in [2.05, 4.69) is 0 Å². The van der Waals surface area contributed by atoms with E-state index in [1.165, 1.54) is 20.8 Å². The van der Waals surface area contributed by atoms with E-state index in [0.29, 0.717) is 5.92 Å². The van der Waals surface area contributed by atoms with Crippen LogP contribution in [0.3, 0.4) is 0 Å². The molecule has 0 saturated heterocycles. The zero-order chi connectivity index (χ0) is 6.73. The van der Waals surface area contributed by atoms with Gasteiger partial charge in [0.15, 0.2) is 0 Å². The molecule has 0 heterocycles. The van der Waals surface area contributed by atoms with Crippen molar-refractivity contribution in [3.63, 3.8) is 0 Å². The van der Waals surface area contributed by atoms with Crippen molar-refractivity contribution in [2.24, 2.45) is 0 Å². The Morgan fingerprint density at radius 2 is 1.33 bits per heavy atom. The number of Topliss-reactive ketones (excluding diaryl/α,β-unsaturated/α-hetero) is 2. The van der Waals surface area contributed by atoms with Gasteiger partial charge in [-0.15, -0.1) is 0 Å². The summed E-state index contributed by atoms with van der Waals surface area (Å²) in [6.45, 7) is 4.30. The molecule has 2 nitrogen and oxygen atoms in total. The van der Waals surface area contributed by atoms with E-state index in [0.717, 1.165) is 0 Å². The maximum absolute atomic E-state index is 10.3. The van der Waals surface area contributed by atoms with E-state index in [4.69, 9.17) is 0 Å². The van der Waals surface area contributed by atoms with Gasteiger partial charge >= 0.3 is 51.4 Å². The Hall–Kier alpha value is 0.846. The molecule has 0 aromatic carbocycles. The van der Waals surface area contributed by atoms with Crippen LogP contribution in [0.4, 0.5) is 0 Å². The monoisotopic (exact) mass is 152 g/mol. The van der Waals surface area contributed by atoms with Crippen LogP contribution in [0.1, 0.15) is 20.8 Å². The van der Waals surface area contributed by atoms with Crippen molar-refractivity contribution >= 4 is 11.6 Å². The second-order valence-electron chi connectivity index (χ2n) is 1.74. The Labute approximate surface area is 97.8 Å². The summed E-state index contributed by atoms with van der Waals surface area (Å²) in [5.41, 5.74) is 0. The molecule has 0 aromatic heterocycles. The van der Waals surface area contributed by atoms with E-state index in [1.807, 2.05) is 0 Å². The van der Waals surface area contributed by atoms with Gasteiger partial charge in [-0.25, -0.2) is 0 Å². The topological polar surface area (TPSA) is 34.1 Å². The summed E-state index contributed by atoms with van der Waals surface area (Å²) >= 11 is 0. The van der Waals surface area contributed by atoms with Gasteiger partial charge in [-0.05, 0) is 13.8 Å². The molecule has 0 radical (unpaired) electrons. The third-order valence-corrected chi connectivity index (χ3v) is 1.06. The van der Waals surface area contributed by atoms with Crippen LogP contribution in [0.5, 0.6) is 0 Å². The van der Waals surface area contributed by atoms with Gasteiger partial charge in [-0.2, -0.15) is 6.92 Å². The third-order valence-electron chi connectivity index (χ3n) is 1.06. The Morgan fingerprint density at radius 3 is 1.33 bits per heavy atom. The maximum Gasteiger partial charge on any atom is 1.00 e. The second-order valence-corrected chi connectivity index (χ2v) is 1.74. The Kier molecular flexibility index (Phi) is 7.81. The molecule has 0 spiro atoms. The average molecular weight is 152 g/mol. The molecule has 0 fully saturated rings. The van der Waals surface area contributed by atoms with Crippen LogP contribution in [0, 0.1) is 5.92 Å². The fourth-order valence-electron chi connectivity index (χ4n) is 0.248. The Bertz CT molecular complexity index is 106. The average Bonchev–Trinajstić information content (AvgIpc) is 1.64. The van der Waals surface area contributed by atoms with Gasteiger partial charge in [0.2, 0.25) is 0 Å². The predicted octanol–water partition coefficient (Wildman–Crippen LogP) is -2.24. The molecule has 0 aliphatic rings. The minimum Gasteiger partial charge on any atom is -0.334 e. The molecule has 3 heteroatoms. The van der Waals surface area contributed by atoms with Gasteiger partial charge in [0, 0.05) is 11.6 Å². The first kappa shape index (κ1) is 12.5. The molecule has 0 saturated carbocycles. The van der Waals surface area contributed by atoms with Crippen LogP contribution >= 0.6 is 0 Å². The summed E-state index contributed by atoms with van der Waals surface area (Å²) < 4.78 is 0. The van der Waals surface area contributed by atoms with Crippen molar-refractivity contribution in [2.45, 2.75) is 20.8 Å². The van der Waals surface area contributed by atoms with Crippen molar-refractivity contribution in [2.75, 3.05) is 0 Å². The van der Waals surface area contributed by atoms with E-state index >= 15 is 0 Å². The second kappa shape index (κ2) is 5.62. The zero-order valence-electron chi connectivity index (χ0n) is 6.32. The first-order chi connectivity index (χ1) is 3.55. The van der Waals surface area contributed by atoms with E-state index in [-0.39, 0.29) is 63.0 Å². The van der Waals surface area contributed by atoms with Crippen molar-refractivity contribution in [3.8, 4) is 0 Å². The maximum atomic E-state index is 10.3. The van der Waals surface area contributed by atoms with E-state index in [1.54, 1.807) is 0 Å². The quantitative estimate of drug-likeness (QED) is 0.255. The van der Waals surface area contributed by atoms with Gasteiger partial charge in [0.1, 0.15) is 0 Å². The molecule has 0 rings (SSSR count). The molecule has 0 aromatic rings. The van der Waals surface area contributed by atoms with Gasteiger partial charge in [-0.3, -0.25) is 5.92 Å². The normalized spacial score (nSPS) is 7.44. The number of rotatable bonds is 2. The summed E-state index contributed by atoms with van der Waals surface area (Å²) in [6.07, 6.45) is 0. The van der Waals surface area contributed by atoms with Crippen molar-refractivity contribution in [1.29, 1.82) is 0 Å². The molecule has 0 aliphatic carbocycles. The molecular formula is C6H9KO2. The molecule has 0 N–H and O–H groups in total. The van der Waals surface area contributed by atoms with Crippen LogP contribution in [-0.4, -0.2) is 11.6 Å². The first-order valence-corrected chi connectivity index (χ1v) is 2.41. The minimum absolute atomic E-state index is 0. The number of hydrogen-bond donors (Lipinski definition) is 0. The minimum atomic E-state index is -0.141. The van der Waals surface area contributed by atoms with Crippen LogP contribution in [0.15, 0.2) is 0 Å². The van der Waals surface area contributed by atoms with Crippen molar-refractivity contribution in [1.82, 2.24) is 0 Å². The Balaban J connectivity index is 0. The van der Waals surface area contributed by atoms with Gasteiger partial charge in [0.05, 0.1) is 0 Å². The summed E-state index contributed by atoms with van der Waals surface area (Å²) in [7, 11) is 0. The number of carbonyl (C=O) groups is 2. The zero-order valence-corrected chi connectivity index (χ0v) is 9.44. The van der Waals surface area contributed by atoms with Gasteiger partial charge in [-0.1, -0.05) is 0 Å². The van der Waals surface area contributed by atoms with E-state index < -0.39 is 0 Å². The first-order valence-electron chi connectivity index (χ1n) is 2.41. The largest absolute Gasteiger partial charge is 1.00 e. The summed E-state index contributed by atoms with van der Waals surface area (Å²) in [6, 6.07) is 0. The van der Waals surface area contributed by atoms with Crippen LogP contribution < -0.4 is 51.4 Å². The standard InChI is InChI=1S/C6H9O2.K/c1-4(5(2)7)6(3)8;/h1-3H3;/q-1;+1. The summed E-state index contributed by atoms with van der Waals surface area (Å²) in [4.78, 5) is 20.7. The van der Waals surface area contributed by atoms with Gasteiger partial charge in [0.25, 0.3) is 0 Å².